The zero-order chi connectivity index (χ0) is 13.9. The van der Waals surface area contributed by atoms with Crippen molar-refractivity contribution in [2.24, 2.45) is 0 Å². The molecule has 0 fully saturated rings. The van der Waals surface area contributed by atoms with Gasteiger partial charge in [0.2, 0.25) is 0 Å². The fourth-order valence-electron chi connectivity index (χ4n) is 1.69. The number of aliphatic hydroxyl groups is 2. The lowest BCUT2D eigenvalue weighted by Crippen LogP contribution is -2.15. The normalized spacial score (nSPS) is 10.5. The van der Waals surface area contributed by atoms with E-state index in [0.717, 1.165) is 31.5 Å². The maximum atomic E-state index is 8.74. The van der Waals surface area contributed by atoms with Crippen molar-refractivity contribution in [2.45, 2.75) is 19.4 Å². The SMILES string of the molecule is COc1cc(CNCCCCO)ccc1OCCO. The van der Waals surface area contributed by atoms with Gasteiger partial charge in [-0.1, -0.05) is 6.07 Å². The highest BCUT2D eigenvalue weighted by molar-refractivity contribution is 5.42. The maximum absolute atomic E-state index is 8.74. The summed E-state index contributed by atoms with van der Waals surface area (Å²) >= 11 is 0. The van der Waals surface area contributed by atoms with E-state index < -0.39 is 0 Å². The van der Waals surface area contributed by atoms with E-state index in [0.29, 0.717) is 11.5 Å². The van der Waals surface area contributed by atoms with Crippen molar-refractivity contribution in [1.29, 1.82) is 0 Å². The van der Waals surface area contributed by atoms with Crippen molar-refractivity contribution in [3.63, 3.8) is 0 Å². The number of rotatable bonds is 10. The molecule has 19 heavy (non-hydrogen) atoms. The van der Waals surface area contributed by atoms with Crippen molar-refractivity contribution in [2.75, 3.05) is 33.5 Å². The summed E-state index contributed by atoms with van der Waals surface area (Å²) in [4.78, 5) is 0. The van der Waals surface area contributed by atoms with Crippen LogP contribution in [0.15, 0.2) is 18.2 Å². The van der Waals surface area contributed by atoms with Gasteiger partial charge in [0.15, 0.2) is 11.5 Å². The van der Waals surface area contributed by atoms with E-state index in [2.05, 4.69) is 5.32 Å². The van der Waals surface area contributed by atoms with Gasteiger partial charge in [-0.3, -0.25) is 0 Å². The van der Waals surface area contributed by atoms with Crippen LogP contribution in [-0.2, 0) is 6.54 Å². The topological polar surface area (TPSA) is 71.0 Å². The Hall–Kier alpha value is -1.30. The first-order chi connectivity index (χ1) is 9.31. The smallest absolute Gasteiger partial charge is 0.161 e. The van der Waals surface area contributed by atoms with Crippen molar-refractivity contribution < 1.29 is 19.7 Å². The number of benzene rings is 1. The lowest BCUT2D eigenvalue weighted by Gasteiger charge is -2.12. The van der Waals surface area contributed by atoms with Gasteiger partial charge in [0.25, 0.3) is 0 Å². The van der Waals surface area contributed by atoms with E-state index in [1.165, 1.54) is 0 Å². The molecule has 0 atom stereocenters. The van der Waals surface area contributed by atoms with Crippen LogP contribution in [-0.4, -0.2) is 43.7 Å². The third-order valence-corrected chi connectivity index (χ3v) is 2.67. The van der Waals surface area contributed by atoms with Gasteiger partial charge >= 0.3 is 0 Å². The van der Waals surface area contributed by atoms with E-state index in [1.807, 2.05) is 18.2 Å². The summed E-state index contributed by atoms with van der Waals surface area (Å²) in [7, 11) is 1.60. The van der Waals surface area contributed by atoms with Crippen LogP contribution in [0.4, 0.5) is 0 Å². The zero-order valence-electron chi connectivity index (χ0n) is 11.4. The second-order valence-corrected chi connectivity index (χ2v) is 4.16. The van der Waals surface area contributed by atoms with Gasteiger partial charge in [-0.25, -0.2) is 0 Å². The first-order valence-corrected chi connectivity index (χ1v) is 6.54. The Balaban J connectivity index is 2.46. The minimum absolute atomic E-state index is 0.0165. The lowest BCUT2D eigenvalue weighted by atomic mass is 10.2. The number of unbranched alkanes of at least 4 members (excludes halogenated alkanes) is 1. The predicted molar refractivity (Wildman–Crippen MR) is 73.6 cm³/mol. The van der Waals surface area contributed by atoms with Crippen LogP contribution in [0, 0.1) is 0 Å². The number of aliphatic hydroxyl groups excluding tert-OH is 2. The molecule has 1 rings (SSSR count). The molecule has 0 unspecified atom stereocenters. The molecule has 0 spiro atoms. The fraction of sp³-hybridized carbons (Fsp3) is 0.571. The number of nitrogens with one attached hydrogen (secondary N) is 1. The molecule has 0 saturated heterocycles. The van der Waals surface area contributed by atoms with Crippen molar-refractivity contribution in [1.82, 2.24) is 5.32 Å². The van der Waals surface area contributed by atoms with Crippen molar-refractivity contribution in [3.8, 4) is 11.5 Å². The number of ether oxygens (including phenoxy) is 2. The third-order valence-electron chi connectivity index (χ3n) is 2.67. The van der Waals surface area contributed by atoms with E-state index in [9.17, 15) is 0 Å². The van der Waals surface area contributed by atoms with Gasteiger partial charge in [0, 0.05) is 13.2 Å². The number of hydrogen-bond donors (Lipinski definition) is 3. The van der Waals surface area contributed by atoms with Crippen LogP contribution in [0.2, 0.25) is 0 Å². The molecule has 0 aliphatic heterocycles. The first-order valence-electron chi connectivity index (χ1n) is 6.54. The Kier molecular flexibility index (Phi) is 7.97. The van der Waals surface area contributed by atoms with Crippen LogP contribution >= 0.6 is 0 Å². The van der Waals surface area contributed by atoms with E-state index in [-0.39, 0.29) is 19.8 Å². The molecule has 5 nitrogen and oxygen atoms in total. The van der Waals surface area contributed by atoms with Crippen LogP contribution in [0.25, 0.3) is 0 Å². The highest BCUT2D eigenvalue weighted by Crippen LogP contribution is 2.27. The van der Waals surface area contributed by atoms with Crippen LogP contribution in [0.1, 0.15) is 18.4 Å². The average Bonchev–Trinajstić information content (AvgIpc) is 2.45. The Morgan fingerprint density at radius 1 is 1.11 bits per heavy atom. The Labute approximate surface area is 114 Å². The second-order valence-electron chi connectivity index (χ2n) is 4.16. The van der Waals surface area contributed by atoms with Gasteiger partial charge in [-0.2, -0.15) is 0 Å². The molecule has 0 aromatic heterocycles. The average molecular weight is 269 g/mol. The van der Waals surface area contributed by atoms with Crippen LogP contribution < -0.4 is 14.8 Å². The molecule has 0 radical (unpaired) electrons. The summed E-state index contributed by atoms with van der Waals surface area (Å²) in [5, 5.41) is 20.7. The Bertz CT molecular complexity index is 357. The zero-order valence-corrected chi connectivity index (χ0v) is 11.4. The van der Waals surface area contributed by atoms with E-state index in [1.54, 1.807) is 7.11 Å². The fourth-order valence-corrected chi connectivity index (χ4v) is 1.69. The first kappa shape index (κ1) is 15.8. The van der Waals surface area contributed by atoms with Crippen molar-refractivity contribution >= 4 is 0 Å². The molecule has 3 N–H and O–H groups in total. The van der Waals surface area contributed by atoms with Gasteiger partial charge < -0.3 is 25.0 Å². The molecular formula is C14H23NO4. The molecular weight excluding hydrogens is 246 g/mol. The molecule has 0 saturated carbocycles. The van der Waals surface area contributed by atoms with Gasteiger partial charge in [0.1, 0.15) is 6.61 Å². The minimum atomic E-state index is -0.0165. The summed E-state index contributed by atoms with van der Waals surface area (Å²) in [6.07, 6.45) is 1.79. The minimum Gasteiger partial charge on any atom is -0.493 e. The van der Waals surface area contributed by atoms with Gasteiger partial charge in [-0.15, -0.1) is 0 Å². The Morgan fingerprint density at radius 2 is 1.95 bits per heavy atom. The summed E-state index contributed by atoms with van der Waals surface area (Å²) in [6, 6.07) is 5.74. The third kappa shape index (κ3) is 5.92. The summed E-state index contributed by atoms with van der Waals surface area (Å²) in [6.45, 7) is 2.12. The molecule has 1 aromatic rings. The molecule has 0 bridgehead atoms. The second kappa shape index (κ2) is 9.61. The summed E-state index contributed by atoms with van der Waals surface area (Å²) in [5.74, 6) is 1.31. The highest BCUT2D eigenvalue weighted by atomic mass is 16.5. The monoisotopic (exact) mass is 269 g/mol. The van der Waals surface area contributed by atoms with Crippen molar-refractivity contribution in [3.05, 3.63) is 23.8 Å². The number of methoxy groups -OCH3 is 1. The van der Waals surface area contributed by atoms with E-state index in [4.69, 9.17) is 19.7 Å². The molecule has 0 aliphatic rings. The predicted octanol–water partition coefficient (Wildman–Crippen LogP) is 0.928. The van der Waals surface area contributed by atoms with Gasteiger partial charge in [0.05, 0.1) is 13.7 Å². The molecule has 0 aliphatic carbocycles. The molecule has 1 aromatic carbocycles. The Morgan fingerprint density at radius 3 is 2.63 bits per heavy atom. The quantitative estimate of drug-likeness (QED) is 0.551. The summed E-state index contributed by atoms with van der Waals surface area (Å²) in [5.41, 5.74) is 1.11. The highest BCUT2D eigenvalue weighted by Gasteiger charge is 2.05. The maximum Gasteiger partial charge on any atom is 0.161 e. The lowest BCUT2D eigenvalue weighted by molar-refractivity contribution is 0.196. The van der Waals surface area contributed by atoms with Crippen LogP contribution in [0.3, 0.4) is 0 Å². The summed E-state index contributed by atoms with van der Waals surface area (Å²) < 4.78 is 10.6. The van der Waals surface area contributed by atoms with E-state index >= 15 is 0 Å². The molecule has 0 amide bonds. The molecule has 0 heterocycles. The standard InChI is InChI=1S/C14H23NO4/c1-18-14-10-12(11-15-6-2-3-7-16)4-5-13(14)19-9-8-17/h4-5,10,15-17H,2-3,6-9,11H2,1H3. The van der Waals surface area contributed by atoms with Gasteiger partial charge in [-0.05, 0) is 37.1 Å². The molecule has 5 heteroatoms. The van der Waals surface area contributed by atoms with Crippen LogP contribution in [0.5, 0.6) is 11.5 Å². The molecule has 108 valence electrons. The largest absolute Gasteiger partial charge is 0.493 e. The number of hydrogen-bond acceptors (Lipinski definition) is 5.